The van der Waals surface area contributed by atoms with Crippen molar-refractivity contribution in [2.45, 2.75) is 0 Å². The van der Waals surface area contributed by atoms with Gasteiger partial charge in [-0.2, -0.15) is 0 Å². The molecule has 1 heterocycles. The molecule has 3 rings (SSSR count). The molecule has 0 radical (unpaired) electrons. The molecule has 0 bridgehead atoms. The van der Waals surface area contributed by atoms with Crippen LogP contribution in [0.1, 0.15) is 10.4 Å². The Hall–Kier alpha value is -3.81. The molecule has 1 aromatic heterocycles. The summed E-state index contributed by atoms with van der Waals surface area (Å²) in [5, 5.41) is 5.50. The standard InChI is InChI=1S/C21H21N3O5/c1-28-14-5-4-6-15(11-14)29-10-9-22-19(25)13-24-21(27)17-12-23-18-8-3-2-7-16(18)20(17)26/h2-8,11-12H,9-10,13H2,1H3,(H,22,25)(H,23,26)(H,24,27). The lowest BCUT2D eigenvalue weighted by Gasteiger charge is -2.09. The quantitative estimate of drug-likeness (QED) is 0.500. The number of fused-ring (bicyclic) bond motifs is 1. The number of carbonyl (C=O) groups excluding carboxylic acids is 2. The van der Waals surface area contributed by atoms with E-state index in [0.717, 1.165) is 0 Å². The molecule has 0 aliphatic heterocycles. The van der Waals surface area contributed by atoms with E-state index < -0.39 is 5.91 Å². The van der Waals surface area contributed by atoms with E-state index in [-0.39, 0.29) is 36.6 Å². The first-order valence-electron chi connectivity index (χ1n) is 9.00. The molecule has 2 aromatic carbocycles. The van der Waals surface area contributed by atoms with Crippen LogP contribution >= 0.6 is 0 Å². The fraction of sp³-hybridized carbons (Fsp3) is 0.190. The predicted molar refractivity (Wildman–Crippen MR) is 108 cm³/mol. The van der Waals surface area contributed by atoms with Crippen LogP contribution in [0, 0.1) is 0 Å². The largest absolute Gasteiger partial charge is 0.497 e. The van der Waals surface area contributed by atoms with Crippen molar-refractivity contribution in [1.29, 1.82) is 0 Å². The molecule has 2 amide bonds. The predicted octanol–water partition coefficient (Wildman–Crippen LogP) is 1.46. The van der Waals surface area contributed by atoms with Crippen LogP contribution in [0.2, 0.25) is 0 Å². The SMILES string of the molecule is COc1cccc(OCCNC(=O)CNC(=O)c2c[nH]c3ccccc3c2=O)c1. The highest BCUT2D eigenvalue weighted by molar-refractivity contribution is 5.98. The number of aromatic nitrogens is 1. The van der Waals surface area contributed by atoms with Crippen LogP contribution in [-0.4, -0.2) is 43.6 Å². The number of nitrogens with one attached hydrogen (secondary N) is 3. The van der Waals surface area contributed by atoms with Gasteiger partial charge in [-0.05, 0) is 24.3 Å². The molecular weight excluding hydrogens is 374 g/mol. The minimum atomic E-state index is -0.611. The first-order chi connectivity index (χ1) is 14.1. The number of H-pyrrole nitrogens is 1. The maximum Gasteiger partial charge on any atom is 0.257 e. The van der Waals surface area contributed by atoms with Gasteiger partial charge in [-0.15, -0.1) is 0 Å². The first-order valence-corrected chi connectivity index (χ1v) is 9.00. The Morgan fingerprint density at radius 2 is 1.83 bits per heavy atom. The van der Waals surface area contributed by atoms with Crippen molar-refractivity contribution in [2.75, 3.05) is 26.8 Å². The van der Waals surface area contributed by atoms with Crippen molar-refractivity contribution in [3.63, 3.8) is 0 Å². The van der Waals surface area contributed by atoms with Crippen LogP contribution < -0.4 is 25.5 Å². The number of carbonyl (C=O) groups is 2. The monoisotopic (exact) mass is 395 g/mol. The molecule has 0 unspecified atom stereocenters. The second-order valence-corrected chi connectivity index (χ2v) is 6.14. The zero-order valence-corrected chi connectivity index (χ0v) is 15.9. The summed E-state index contributed by atoms with van der Waals surface area (Å²) in [5.41, 5.74) is 0.213. The number of rotatable bonds is 8. The Kier molecular flexibility index (Phi) is 6.47. The van der Waals surface area contributed by atoms with Gasteiger partial charge in [-0.1, -0.05) is 18.2 Å². The third-order valence-corrected chi connectivity index (χ3v) is 4.18. The van der Waals surface area contributed by atoms with E-state index in [9.17, 15) is 14.4 Å². The Morgan fingerprint density at radius 1 is 1.03 bits per heavy atom. The molecular formula is C21H21N3O5. The summed E-state index contributed by atoms with van der Waals surface area (Å²) in [6, 6.07) is 14.0. The van der Waals surface area contributed by atoms with Crippen molar-refractivity contribution in [1.82, 2.24) is 15.6 Å². The zero-order chi connectivity index (χ0) is 20.6. The van der Waals surface area contributed by atoms with Gasteiger partial charge in [0.15, 0.2) is 0 Å². The molecule has 150 valence electrons. The summed E-state index contributed by atoms with van der Waals surface area (Å²) in [6.07, 6.45) is 1.35. The number of aromatic amines is 1. The van der Waals surface area contributed by atoms with Crippen molar-refractivity contribution >= 4 is 22.7 Å². The number of ether oxygens (including phenoxy) is 2. The van der Waals surface area contributed by atoms with Crippen molar-refractivity contribution < 1.29 is 19.1 Å². The van der Waals surface area contributed by atoms with Gasteiger partial charge in [0.2, 0.25) is 11.3 Å². The van der Waals surface area contributed by atoms with Gasteiger partial charge < -0.3 is 25.1 Å². The molecule has 0 atom stereocenters. The van der Waals surface area contributed by atoms with E-state index in [0.29, 0.717) is 22.4 Å². The van der Waals surface area contributed by atoms with Crippen molar-refractivity contribution in [2.24, 2.45) is 0 Å². The van der Waals surface area contributed by atoms with Gasteiger partial charge in [0, 0.05) is 23.2 Å². The molecule has 3 aromatic rings. The number of amides is 2. The highest BCUT2D eigenvalue weighted by Gasteiger charge is 2.13. The van der Waals surface area contributed by atoms with Crippen LogP contribution in [0.15, 0.2) is 59.5 Å². The third kappa shape index (κ3) is 5.13. The van der Waals surface area contributed by atoms with Crippen molar-refractivity contribution in [3.8, 4) is 11.5 Å². The van der Waals surface area contributed by atoms with Crippen LogP contribution in [0.3, 0.4) is 0 Å². The first kappa shape index (κ1) is 19.9. The maximum atomic E-state index is 12.4. The highest BCUT2D eigenvalue weighted by Crippen LogP contribution is 2.18. The lowest BCUT2D eigenvalue weighted by atomic mass is 10.1. The summed E-state index contributed by atoms with van der Waals surface area (Å²) < 4.78 is 10.6. The molecule has 29 heavy (non-hydrogen) atoms. The maximum absolute atomic E-state index is 12.4. The van der Waals surface area contributed by atoms with Gasteiger partial charge in [0.05, 0.1) is 20.2 Å². The molecule has 0 saturated carbocycles. The zero-order valence-electron chi connectivity index (χ0n) is 15.9. The van der Waals surface area contributed by atoms with E-state index in [1.807, 2.05) is 0 Å². The number of para-hydroxylation sites is 1. The molecule has 0 saturated heterocycles. The second kappa shape index (κ2) is 9.41. The average Bonchev–Trinajstić information content (AvgIpc) is 2.75. The lowest BCUT2D eigenvalue weighted by molar-refractivity contribution is -0.120. The highest BCUT2D eigenvalue weighted by atomic mass is 16.5. The topological polar surface area (TPSA) is 110 Å². The summed E-state index contributed by atoms with van der Waals surface area (Å²) in [7, 11) is 1.57. The average molecular weight is 395 g/mol. The fourth-order valence-corrected chi connectivity index (χ4v) is 2.70. The fourth-order valence-electron chi connectivity index (χ4n) is 2.70. The van der Waals surface area contributed by atoms with Gasteiger partial charge in [-0.25, -0.2) is 0 Å². The van der Waals surface area contributed by atoms with Gasteiger partial charge in [0.1, 0.15) is 23.7 Å². The number of hydrogen-bond donors (Lipinski definition) is 3. The number of hydrogen-bond acceptors (Lipinski definition) is 5. The van der Waals surface area contributed by atoms with E-state index in [4.69, 9.17) is 9.47 Å². The number of pyridine rings is 1. The van der Waals surface area contributed by atoms with Crippen LogP contribution in [-0.2, 0) is 4.79 Å². The summed E-state index contributed by atoms with van der Waals surface area (Å²) in [6.45, 7) is 0.282. The van der Waals surface area contributed by atoms with E-state index >= 15 is 0 Å². The minimum Gasteiger partial charge on any atom is -0.497 e. The van der Waals surface area contributed by atoms with Crippen LogP contribution in [0.4, 0.5) is 0 Å². The van der Waals surface area contributed by atoms with E-state index in [1.165, 1.54) is 6.20 Å². The Balaban J connectivity index is 1.45. The Bertz CT molecular complexity index is 1080. The molecule has 3 N–H and O–H groups in total. The molecule has 8 heteroatoms. The molecule has 0 aliphatic carbocycles. The van der Waals surface area contributed by atoms with Gasteiger partial charge in [-0.3, -0.25) is 14.4 Å². The molecule has 8 nitrogen and oxygen atoms in total. The molecule has 0 fully saturated rings. The number of benzene rings is 2. The number of methoxy groups -OCH3 is 1. The van der Waals surface area contributed by atoms with Gasteiger partial charge in [0.25, 0.3) is 5.91 Å². The van der Waals surface area contributed by atoms with Gasteiger partial charge >= 0.3 is 0 Å². The summed E-state index contributed by atoms with van der Waals surface area (Å²) in [5.74, 6) is 0.310. The molecule has 0 spiro atoms. The van der Waals surface area contributed by atoms with Crippen LogP contribution in [0.25, 0.3) is 10.9 Å². The van der Waals surface area contributed by atoms with E-state index in [2.05, 4.69) is 15.6 Å². The second-order valence-electron chi connectivity index (χ2n) is 6.14. The Morgan fingerprint density at radius 3 is 2.66 bits per heavy atom. The summed E-state index contributed by atoms with van der Waals surface area (Å²) in [4.78, 5) is 39.4. The summed E-state index contributed by atoms with van der Waals surface area (Å²) >= 11 is 0. The smallest absolute Gasteiger partial charge is 0.257 e. The third-order valence-electron chi connectivity index (χ3n) is 4.18. The van der Waals surface area contributed by atoms with E-state index in [1.54, 1.807) is 55.6 Å². The normalized spacial score (nSPS) is 10.4. The van der Waals surface area contributed by atoms with Crippen molar-refractivity contribution in [3.05, 3.63) is 70.5 Å². The lowest BCUT2D eigenvalue weighted by Crippen LogP contribution is -2.39. The molecule has 0 aliphatic rings. The van der Waals surface area contributed by atoms with Crippen LogP contribution in [0.5, 0.6) is 11.5 Å². The Labute approximate surface area is 166 Å². The minimum absolute atomic E-state index is 0.0436.